The molecule has 8 nitrogen and oxygen atoms in total. The normalized spacial score (nSPS) is 11.7. The Morgan fingerprint density at radius 1 is 1.04 bits per heavy atom. The van der Waals surface area contributed by atoms with Crippen molar-refractivity contribution < 1.29 is 27.7 Å². The number of nitro benzene ring substituents is 1. The van der Waals surface area contributed by atoms with Gasteiger partial charge in [-0.15, -0.1) is 0 Å². The highest BCUT2D eigenvalue weighted by Gasteiger charge is 2.27. The van der Waals surface area contributed by atoms with Gasteiger partial charge in [0.2, 0.25) is 9.84 Å². The van der Waals surface area contributed by atoms with Gasteiger partial charge in [0.15, 0.2) is 12.4 Å². The van der Waals surface area contributed by atoms with Crippen LogP contribution in [-0.2, 0) is 19.4 Å². The van der Waals surface area contributed by atoms with Gasteiger partial charge in [0, 0.05) is 17.5 Å². The molecule has 0 unspecified atom stereocenters. The van der Waals surface area contributed by atoms with Crippen molar-refractivity contribution in [2.45, 2.75) is 30.6 Å². The maximum Gasteiger partial charge on any atom is 0.339 e. The molecule has 0 aromatic heterocycles. The lowest BCUT2D eigenvalue weighted by Crippen LogP contribution is -2.26. The van der Waals surface area contributed by atoms with Crippen LogP contribution in [0.2, 0.25) is 0 Å². The molecule has 0 bridgehead atoms. The van der Waals surface area contributed by atoms with Crippen LogP contribution in [0.15, 0.2) is 58.3 Å². The zero-order valence-electron chi connectivity index (χ0n) is 15.5. The molecule has 2 rings (SSSR count). The zero-order chi connectivity index (χ0) is 21.1. The summed E-state index contributed by atoms with van der Waals surface area (Å²) in [5.74, 6) is -1.25. The maximum atomic E-state index is 12.9. The number of ether oxygens (including phenoxy) is 1. The van der Waals surface area contributed by atoms with Gasteiger partial charge in [0.05, 0.1) is 20.3 Å². The SMILES string of the molecule is CC(C)(C)C(=O)COC(=O)c1ccccc1S(=O)(=O)c1ccc([N+](=O)[O-])cc1. The number of hydrogen-bond donors (Lipinski definition) is 0. The van der Waals surface area contributed by atoms with E-state index in [2.05, 4.69) is 0 Å². The van der Waals surface area contributed by atoms with Crippen molar-refractivity contribution in [1.82, 2.24) is 0 Å². The van der Waals surface area contributed by atoms with Crippen molar-refractivity contribution in [3.05, 3.63) is 64.2 Å². The second-order valence-corrected chi connectivity index (χ2v) is 8.92. The summed E-state index contributed by atoms with van der Waals surface area (Å²) in [5.41, 5.74) is -1.18. The molecule has 0 aliphatic heterocycles. The van der Waals surface area contributed by atoms with Crippen LogP contribution in [0.4, 0.5) is 5.69 Å². The number of benzene rings is 2. The van der Waals surface area contributed by atoms with Gasteiger partial charge < -0.3 is 4.74 Å². The summed E-state index contributed by atoms with van der Waals surface area (Å²) in [5, 5.41) is 10.7. The molecule has 148 valence electrons. The standard InChI is InChI=1S/C19H19NO7S/c1-19(2,3)17(21)12-27-18(22)15-6-4-5-7-16(15)28(25,26)14-10-8-13(9-11-14)20(23)24/h4-11H,12H2,1-3H3. The van der Waals surface area contributed by atoms with E-state index in [-0.39, 0.29) is 26.8 Å². The molecular weight excluding hydrogens is 386 g/mol. The molecule has 0 radical (unpaired) electrons. The van der Waals surface area contributed by atoms with E-state index < -0.39 is 32.8 Å². The predicted octanol–water partition coefficient (Wildman–Crippen LogP) is 3.20. The lowest BCUT2D eigenvalue weighted by molar-refractivity contribution is -0.384. The molecular formula is C19H19NO7S. The number of nitro groups is 1. The van der Waals surface area contributed by atoms with Gasteiger partial charge in [-0.2, -0.15) is 0 Å². The molecule has 9 heteroatoms. The van der Waals surface area contributed by atoms with Gasteiger partial charge in [0.25, 0.3) is 5.69 Å². The summed E-state index contributed by atoms with van der Waals surface area (Å²) in [6.45, 7) is 4.55. The van der Waals surface area contributed by atoms with E-state index in [4.69, 9.17) is 4.74 Å². The van der Waals surface area contributed by atoms with E-state index in [1.807, 2.05) is 0 Å². The van der Waals surface area contributed by atoms with Gasteiger partial charge in [-0.05, 0) is 24.3 Å². The summed E-state index contributed by atoms with van der Waals surface area (Å²) < 4.78 is 30.8. The minimum absolute atomic E-state index is 0.205. The van der Waals surface area contributed by atoms with Crippen molar-refractivity contribution in [3.8, 4) is 0 Å². The molecule has 28 heavy (non-hydrogen) atoms. The lowest BCUT2D eigenvalue weighted by atomic mass is 9.91. The van der Waals surface area contributed by atoms with Gasteiger partial charge in [0.1, 0.15) is 0 Å². The molecule has 0 saturated heterocycles. The molecule has 0 atom stereocenters. The van der Waals surface area contributed by atoms with Gasteiger partial charge in [-0.3, -0.25) is 14.9 Å². The summed E-state index contributed by atoms with van der Waals surface area (Å²) in [7, 11) is -4.13. The minimum Gasteiger partial charge on any atom is -0.454 e. The van der Waals surface area contributed by atoms with Crippen LogP contribution in [0.1, 0.15) is 31.1 Å². The van der Waals surface area contributed by atoms with E-state index >= 15 is 0 Å². The summed E-state index contributed by atoms with van der Waals surface area (Å²) >= 11 is 0. The Labute approximate surface area is 162 Å². The van der Waals surface area contributed by atoms with Crippen LogP contribution in [0.5, 0.6) is 0 Å². The molecule has 0 spiro atoms. The number of ketones is 1. The second kappa shape index (κ2) is 7.89. The molecule has 2 aromatic rings. The maximum absolute atomic E-state index is 12.9. The first kappa shape index (κ1) is 21.2. The minimum atomic E-state index is -4.13. The number of carbonyl (C=O) groups is 2. The summed E-state index contributed by atoms with van der Waals surface area (Å²) in [6, 6.07) is 9.75. The van der Waals surface area contributed by atoms with Crippen molar-refractivity contribution in [2.24, 2.45) is 5.41 Å². The van der Waals surface area contributed by atoms with Crippen LogP contribution in [0.3, 0.4) is 0 Å². The van der Waals surface area contributed by atoms with Crippen molar-refractivity contribution in [2.75, 3.05) is 6.61 Å². The average molecular weight is 405 g/mol. The smallest absolute Gasteiger partial charge is 0.339 e. The number of nitrogens with zero attached hydrogens (tertiary/aromatic N) is 1. The van der Waals surface area contributed by atoms with Crippen LogP contribution in [0.25, 0.3) is 0 Å². The Balaban J connectivity index is 2.35. The Hall–Kier alpha value is -3.07. The molecule has 0 saturated carbocycles. The van der Waals surface area contributed by atoms with Crippen LogP contribution < -0.4 is 0 Å². The highest BCUT2D eigenvalue weighted by atomic mass is 32.2. The van der Waals surface area contributed by atoms with E-state index in [0.717, 1.165) is 24.3 Å². The van der Waals surface area contributed by atoms with E-state index in [9.17, 15) is 28.1 Å². The molecule has 0 amide bonds. The predicted molar refractivity (Wildman–Crippen MR) is 99.7 cm³/mol. The average Bonchev–Trinajstić information content (AvgIpc) is 2.65. The number of hydrogen-bond acceptors (Lipinski definition) is 7. The van der Waals surface area contributed by atoms with Crippen LogP contribution >= 0.6 is 0 Å². The summed E-state index contributed by atoms with van der Waals surface area (Å²) in [6.07, 6.45) is 0. The number of non-ortho nitro benzene ring substituents is 1. The van der Waals surface area contributed by atoms with Crippen molar-refractivity contribution in [3.63, 3.8) is 0 Å². The fraction of sp³-hybridized carbons (Fsp3) is 0.263. The first-order chi connectivity index (χ1) is 12.9. The van der Waals surface area contributed by atoms with E-state index in [1.54, 1.807) is 20.8 Å². The number of rotatable bonds is 6. The molecule has 0 aliphatic rings. The molecule has 2 aromatic carbocycles. The van der Waals surface area contributed by atoms with Crippen LogP contribution in [0, 0.1) is 15.5 Å². The van der Waals surface area contributed by atoms with Gasteiger partial charge in [-0.25, -0.2) is 13.2 Å². The van der Waals surface area contributed by atoms with Gasteiger partial charge >= 0.3 is 5.97 Å². The fourth-order valence-electron chi connectivity index (χ4n) is 2.17. The number of Topliss-reactive ketones (excluding diaryl/α,β-unsaturated/α-hetero) is 1. The number of sulfone groups is 1. The largest absolute Gasteiger partial charge is 0.454 e. The van der Waals surface area contributed by atoms with E-state index in [1.165, 1.54) is 24.3 Å². The highest BCUT2D eigenvalue weighted by molar-refractivity contribution is 7.91. The Morgan fingerprint density at radius 3 is 2.14 bits per heavy atom. The Morgan fingerprint density at radius 2 is 1.61 bits per heavy atom. The quantitative estimate of drug-likeness (QED) is 0.411. The number of carbonyl (C=O) groups excluding carboxylic acids is 2. The first-order valence-electron chi connectivity index (χ1n) is 8.23. The summed E-state index contributed by atoms with van der Waals surface area (Å²) in [4.78, 5) is 33.9. The third kappa shape index (κ3) is 4.61. The first-order valence-corrected chi connectivity index (χ1v) is 9.72. The monoisotopic (exact) mass is 405 g/mol. The van der Waals surface area contributed by atoms with Gasteiger partial charge in [-0.1, -0.05) is 32.9 Å². The van der Waals surface area contributed by atoms with Crippen LogP contribution in [-0.4, -0.2) is 31.7 Å². The van der Waals surface area contributed by atoms with E-state index in [0.29, 0.717) is 0 Å². The second-order valence-electron chi connectivity index (χ2n) is 7.00. The Bertz CT molecular complexity index is 1020. The fourth-order valence-corrected chi connectivity index (χ4v) is 3.62. The molecule has 0 aliphatic carbocycles. The highest BCUT2D eigenvalue weighted by Crippen LogP contribution is 2.26. The Kier molecular flexibility index (Phi) is 5.98. The topological polar surface area (TPSA) is 121 Å². The molecule has 0 fully saturated rings. The third-order valence-corrected chi connectivity index (χ3v) is 5.75. The zero-order valence-corrected chi connectivity index (χ0v) is 16.4. The third-order valence-electron chi connectivity index (χ3n) is 3.93. The number of esters is 1. The van der Waals surface area contributed by atoms with Crippen molar-refractivity contribution in [1.29, 1.82) is 0 Å². The van der Waals surface area contributed by atoms with Crippen molar-refractivity contribution >= 4 is 27.3 Å². The lowest BCUT2D eigenvalue weighted by Gasteiger charge is -2.16. The molecule has 0 N–H and O–H groups in total. The molecule has 0 heterocycles.